The molecule has 218 valence electrons. The Kier molecular flexibility index (Phi) is 10.2. The number of anilines is 1. The van der Waals surface area contributed by atoms with Gasteiger partial charge in [0.05, 0.1) is 23.5 Å². The molecule has 0 aliphatic carbocycles. The van der Waals surface area contributed by atoms with Gasteiger partial charge in [-0.1, -0.05) is 42.5 Å². The Bertz CT molecular complexity index is 1660. The Labute approximate surface area is 248 Å². The molecule has 12 heteroatoms. The number of carbonyl (C=O) groups is 1. The van der Waals surface area contributed by atoms with Gasteiger partial charge in [0.15, 0.2) is 0 Å². The van der Waals surface area contributed by atoms with E-state index in [0.29, 0.717) is 24.7 Å². The van der Waals surface area contributed by atoms with Crippen LogP contribution in [0.4, 0.5) is 11.4 Å². The molecule has 2 N–H and O–H groups in total. The van der Waals surface area contributed by atoms with Gasteiger partial charge in [0.25, 0.3) is 21.6 Å². The summed E-state index contributed by atoms with van der Waals surface area (Å²) in [6.07, 6.45) is 0. The van der Waals surface area contributed by atoms with Gasteiger partial charge in [-0.15, -0.1) is 11.8 Å². The third-order valence-corrected chi connectivity index (χ3v) is 8.51. The first kappa shape index (κ1) is 30.6. The number of hydrogen-bond donors (Lipinski definition) is 2. The number of methoxy groups -OCH3 is 2. The lowest BCUT2D eigenvalue weighted by molar-refractivity contribution is -0.384. The van der Waals surface area contributed by atoms with Crippen LogP contribution in [0.2, 0.25) is 0 Å². The van der Waals surface area contributed by atoms with Crippen molar-refractivity contribution in [3.8, 4) is 16.9 Å². The van der Waals surface area contributed by atoms with Crippen molar-refractivity contribution in [3.05, 3.63) is 112 Å². The molecule has 4 rings (SSSR count). The van der Waals surface area contributed by atoms with Gasteiger partial charge in [-0.3, -0.25) is 14.9 Å². The molecule has 0 fully saturated rings. The van der Waals surface area contributed by atoms with E-state index in [1.165, 1.54) is 24.3 Å². The molecule has 1 amide bonds. The topological polar surface area (TPSA) is 137 Å². The number of thioether (sulfide) groups is 1. The third kappa shape index (κ3) is 7.66. The highest BCUT2D eigenvalue weighted by Crippen LogP contribution is 2.32. The van der Waals surface area contributed by atoms with E-state index in [-0.39, 0.29) is 11.3 Å². The number of benzene rings is 4. The lowest BCUT2D eigenvalue weighted by atomic mass is 10.0. The summed E-state index contributed by atoms with van der Waals surface area (Å²) in [5.74, 6) is 0.396. The number of nitrogens with one attached hydrogen (secondary N) is 2. The van der Waals surface area contributed by atoms with E-state index in [1.807, 2.05) is 53.3 Å². The Morgan fingerprint density at radius 1 is 0.952 bits per heavy atom. The van der Waals surface area contributed by atoms with Crippen molar-refractivity contribution in [1.82, 2.24) is 4.72 Å². The summed E-state index contributed by atoms with van der Waals surface area (Å²) >= 11 is 1.58. The average molecular weight is 608 g/mol. The Hall–Kier alpha value is -4.39. The molecular weight excluding hydrogens is 578 g/mol. The highest BCUT2D eigenvalue weighted by molar-refractivity contribution is 7.99. The van der Waals surface area contributed by atoms with Gasteiger partial charge in [-0.05, 0) is 53.6 Å². The van der Waals surface area contributed by atoms with Gasteiger partial charge in [0.1, 0.15) is 11.4 Å². The summed E-state index contributed by atoms with van der Waals surface area (Å²) in [5, 5.41) is 14.7. The number of amides is 1. The van der Waals surface area contributed by atoms with E-state index in [0.717, 1.165) is 27.7 Å². The largest absolute Gasteiger partial charge is 0.496 e. The van der Waals surface area contributed by atoms with Crippen LogP contribution >= 0.6 is 11.8 Å². The first-order chi connectivity index (χ1) is 20.2. The summed E-state index contributed by atoms with van der Waals surface area (Å²) in [7, 11) is -1.23. The van der Waals surface area contributed by atoms with Crippen molar-refractivity contribution < 1.29 is 27.6 Å². The van der Waals surface area contributed by atoms with Gasteiger partial charge >= 0.3 is 0 Å². The quantitative estimate of drug-likeness (QED) is 0.0844. The molecule has 0 heterocycles. The van der Waals surface area contributed by atoms with Crippen LogP contribution in [-0.4, -0.2) is 45.8 Å². The van der Waals surface area contributed by atoms with Crippen LogP contribution in [0.25, 0.3) is 11.1 Å². The van der Waals surface area contributed by atoms with Crippen molar-refractivity contribution in [2.75, 3.05) is 31.8 Å². The zero-order valence-electron chi connectivity index (χ0n) is 22.9. The van der Waals surface area contributed by atoms with Crippen molar-refractivity contribution in [2.45, 2.75) is 16.4 Å². The van der Waals surface area contributed by atoms with Crippen LogP contribution in [0.3, 0.4) is 0 Å². The Morgan fingerprint density at radius 3 is 2.36 bits per heavy atom. The molecule has 10 nitrogen and oxygen atoms in total. The third-order valence-electron chi connectivity index (χ3n) is 6.17. The van der Waals surface area contributed by atoms with Crippen LogP contribution in [0, 0.1) is 10.1 Å². The van der Waals surface area contributed by atoms with E-state index in [4.69, 9.17) is 9.47 Å². The molecule has 0 aliphatic rings. The monoisotopic (exact) mass is 607 g/mol. The minimum atomic E-state index is -4.39. The van der Waals surface area contributed by atoms with Crippen molar-refractivity contribution in [2.24, 2.45) is 0 Å². The number of hydrogen-bond acceptors (Lipinski definition) is 9. The van der Waals surface area contributed by atoms with Gasteiger partial charge < -0.3 is 14.8 Å². The number of rotatable bonds is 13. The van der Waals surface area contributed by atoms with Crippen molar-refractivity contribution in [1.29, 1.82) is 0 Å². The van der Waals surface area contributed by atoms with Gasteiger partial charge in [-0.2, -0.15) is 0 Å². The Morgan fingerprint density at radius 2 is 1.69 bits per heavy atom. The number of nitro benzene ring substituents is 1. The second-order valence-electron chi connectivity index (χ2n) is 9.00. The van der Waals surface area contributed by atoms with Crippen LogP contribution in [-0.2, 0) is 21.4 Å². The average Bonchev–Trinajstić information content (AvgIpc) is 2.99. The molecule has 0 spiro atoms. The molecule has 0 saturated heterocycles. The minimum absolute atomic E-state index is 0.0981. The highest BCUT2D eigenvalue weighted by Gasteiger charge is 2.24. The number of ether oxygens (including phenoxy) is 2. The number of nitrogens with zero attached hydrogens (tertiary/aromatic N) is 1. The zero-order chi connectivity index (χ0) is 30.1. The lowest BCUT2D eigenvalue weighted by Gasteiger charge is -2.12. The zero-order valence-corrected chi connectivity index (χ0v) is 24.5. The second-order valence-corrected chi connectivity index (χ2v) is 11.9. The fraction of sp³-hybridized carbons (Fsp3) is 0.167. The van der Waals surface area contributed by atoms with Crippen molar-refractivity contribution >= 4 is 39.1 Å². The molecule has 0 aromatic heterocycles. The fourth-order valence-corrected chi connectivity index (χ4v) is 5.91. The highest BCUT2D eigenvalue weighted by atomic mass is 32.2. The normalized spacial score (nSPS) is 11.1. The van der Waals surface area contributed by atoms with E-state index in [1.54, 1.807) is 38.1 Å². The molecule has 0 unspecified atom stereocenters. The molecule has 0 bridgehead atoms. The summed E-state index contributed by atoms with van der Waals surface area (Å²) in [6.45, 7) is 0.850. The van der Waals surface area contributed by atoms with Gasteiger partial charge in [-0.25, -0.2) is 13.1 Å². The molecular formula is C30H29N3O7S2. The van der Waals surface area contributed by atoms with E-state index in [2.05, 4.69) is 5.32 Å². The van der Waals surface area contributed by atoms with E-state index < -0.39 is 31.4 Å². The number of sulfonamides is 1. The van der Waals surface area contributed by atoms with Crippen LogP contribution < -0.4 is 14.8 Å². The SMILES string of the molecule is COCc1ccc(-c2ccc(C(=O)NS(=O)(=O)c3ccc(NCCSc4ccccc4)c([N+](=O)[O-])c3)cc2)c(OC)c1. The van der Waals surface area contributed by atoms with Crippen LogP contribution in [0.5, 0.6) is 5.75 Å². The maximum Gasteiger partial charge on any atom is 0.293 e. The smallest absolute Gasteiger partial charge is 0.293 e. The van der Waals surface area contributed by atoms with Crippen molar-refractivity contribution in [3.63, 3.8) is 0 Å². The van der Waals surface area contributed by atoms with Gasteiger partial charge in [0, 0.05) is 41.5 Å². The number of nitro groups is 1. The van der Waals surface area contributed by atoms with Crippen LogP contribution in [0.15, 0.2) is 101 Å². The first-order valence-corrected chi connectivity index (χ1v) is 15.2. The maximum atomic E-state index is 13.0. The molecule has 4 aromatic carbocycles. The first-order valence-electron chi connectivity index (χ1n) is 12.8. The summed E-state index contributed by atoms with van der Waals surface area (Å²) in [5.41, 5.74) is 2.35. The predicted molar refractivity (Wildman–Crippen MR) is 163 cm³/mol. The van der Waals surface area contributed by atoms with Gasteiger partial charge in [0.2, 0.25) is 0 Å². The lowest BCUT2D eigenvalue weighted by Crippen LogP contribution is -2.30. The second kappa shape index (κ2) is 14.0. The summed E-state index contributed by atoms with van der Waals surface area (Å²) in [6, 6.07) is 25.2. The molecule has 4 aromatic rings. The summed E-state index contributed by atoms with van der Waals surface area (Å²) in [4.78, 5) is 24.5. The molecule has 0 aliphatic heterocycles. The van der Waals surface area contributed by atoms with Crippen LogP contribution in [0.1, 0.15) is 15.9 Å². The number of carbonyl (C=O) groups excluding carboxylic acids is 1. The minimum Gasteiger partial charge on any atom is -0.496 e. The Balaban J connectivity index is 1.44. The maximum absolute atomic E-state index is 13.0. The molecule has 0 atom stereocenters. The fourth-order valence-electron chi connectivity index (χ4n) is 4.12. The molecule has 0 saturated carbocycles. The molecule has 0 radical (unpaired) electrons. The van der Waals surface area contributed by atoms with E-state index >= 15 is 0 Å². The standard InChI is InChI=1S/C30H29N3O7S2/c1-39-20-21-8-14-26(29(18-21)40-2)22-9-11-23(12-10-22)30(34)32-42(37,38)25-13-15-27(28(19-25)33(35)36)31-16-17-41-24-6-4-3-5-7-24/h3-15,18-19,31H,16-17,20H2,1-2H3,(H,32,34). The van der Waals surface area contributed by atoms with E-state index in [9.17, 15) is 23.3 Å². The molecule has 42 heavy (non-hydrogen) atoms. The predicted octanol–water partition coefficient (Wildman–Crippen LogP) is 5.74. The summed E-state index contributed by atoms with van der Waals surface area (Å²) < 4.78 is 38.6.